The van der Waals surface area contributed by atoms with Gasteiger partial charge in [-0.05, 0) is 97.7 Å². The van der Waals surface area contributed by atoms with Crippen molar-refractivity contribution in [3.05, 3.63) is 138 Å². The van der Waals surface area contributed by atoms with Crippen LogP contribution in [0.2, 0.25) is 0 Å². The Kier molecular flexibility index (Phi) is 36.5. The van der Waals surface area contributed by atoms with Crippen molar-refractivity contribution < 1.29 is 86.9 Å². The van der Waals surface area contributed by atoms with Crippen LogP contribution in [0.25, 0.3) is 10.9 Å². The molecule has 0 radical (unpaired) electrons. The lowest BCUT2D eigenvalue weighted by Crippen LogP contribution is -2.62. The summed E-state index contributed by atoms with van der Waals surface area (Å²) in [4.78, 5) is 231. The Bertz CT molecular complexity index is 4390. The fourth-order valence-corrected chi connectivity index (χ4v) is 13.1. The summed E-state index contributed by atoms with van der Waals surface area (Å²) in [6.45, 7) is 7.53. The van der Waals surface area contributed by atoms with Gasteiger partial charge in [-0.2, -0.15) is 0 Å². The van der Waals surface area contributed by atoms with Crippen LogP contribution in [0, 0.1) is 11.8 Å². The molecule has 1 saturated heterocycles. The van der Waals surface area contributed by atoms with Crippen LogP contribution < -0.4 is 98.6 Å². The summed E-state index contributed by atoms with van der Waals surface area (Å²) in [5.74, 6) is -17.3. The van der Waals surface area contributed by atoms with E-state index >= 15 is 0 Å². The lowest BCUT2D eigenvalue weighted by molar-refractivity contribution is -0.141. The van der Waals surface area contributed by atoms with E-state index in [1.807, 2.05) is 13.8 Å². The van der Waals surface area contributed by atoms with E-state index in [-0.39, 0.29) is 80.7 Å². The molecule has 6 rings (SSSR count). The number of likely N-dealkylation sites (tertiary alicyclic amines) is 1. The van der Waals surface area contributed by atoms with E-state index in [4.69, 9.17) is 40.1 Å². The Morgan fingerprint density at radius 1 is 0.458 bits per heavy atom. The molecule has 0 spiro atoms. The van der Waals surface area contributed by atoms with E-state index in [9.17, 15) is 86.9 Å². The number of amides is 16. The zero-order valence-corrected chi connectivity index (χ0v) is 66.3. The Hall–Kier alpha value is -13.1. The molecule has 1 aromatic heterocycles. The van der Waals surface area contributed by atoms with E-state index in [1.54, 1.807) is 98.8 Å². The van der Waals surface area contributed by atoms with Crippen molar-refractivity contribution in [3.8, 4) is 5.75 Å². The average Bonchev–Trinajstić information content (AvgIpc) is 1.68. The molecule has 0 saturated carbocycles. The zero-order valence-electron chi connectivity index (χ0n) is 66.3. The molecule has 1 fully saturated rings. The molecule has 5 aromatic rings. The number of hydrogen-bond donors (Lipinski definition) is 21. The summed E-state index contributed by atoms with van der Waals surface area (Å²) < 4.78 is 0. The molecule has 1 aliphatic rings. The van der Waals surface area contributed by atoms with Crippen LogP contribution in [0.15, 0.2) is 120 Å². The number of phenols is 1. The van der Waals surface area contributed by atoms with Crippen molar-refractivity contribution in [2.75, 3.05) is 19.7 Å². The van der Waals surface area contributed by atoms with Gasteiger partial charge in [-0.1, -0.05) is 119 Å². The maximum atomic E-state index is 14.9. The Balaban J connectivity index is 1.21. The second-order valence-electron chi connectivity index (χ2n) is 29.8. The number of nitrogens with two attached hydrogens (primary N) is 7. The highest BCUT2D eigenvalue weighted by Crippen LogP contribution is 2.23. The fraction of sp³-hybridized carbons (Fsp3) is 0.456. The largest absolute Gasteiger partial charge is 0.508 e. The standard InChI is InChI=1S/C79H109N21O18/c1-41(2)30-50(80)78(118)100-29-15-23-62(100)77(117)98-60(38-65(83)105)74(114)93-56(34-46-24-26-48(102)27-25-46)71(111)96-58(36-63(81)103)73(113)95-57(35-47-39-88-51-21-13-12-20-49(47)51)72(112)97-59(37-64(82)104)75(115)99-61(40-101)76(116)94-55(33-45-18-10-7-11-19-45)69(109)89-43(5)67(107)92-54(31-42(3)4)70(110)90-52(22-14-28-87-79(85)86)68(108)91-53(66(84)106)32-44-16-8-6-9-17-44/h6-13,16-21,24-27,39,41-43,50,52-62,88,101-102H,14-15,22-23,28-38,40,80H2,1-5H3,(H2,81,103)(H2,82,104)(H2,83,105)(H2,84,106)(H,89,109)(H,90,110)(H,91,108)(H,92,107)(H,93,114)(H,94,116)(H,95,113)(H,96,111)(H,97,112)(H,98,117)(H,99,115)(H4,85,86,87)/t43-,50-,52-,53-,54-,55-,56-,57-,58-,59-,60-,61-,62-/m0/s1. The number of aromatic amines is 1. The van der Waals surface area contributed by atoms with Crippen molar-refractivity contribution in [2.24, 2.45) is 57.0 Å². The van der Waals surface area contributed by atoms with Gasteiger partial charge in [-0.3, -0.25) is 81.7 Å². The first-order valence-corrected chi connectivity index (χ1v) is 38.5. The number of nitrogens with one attached hydrogen (secondary N) is 12. The topological polar surface area (TPSA) is 659 Å². The number of aromatic hydroxyl groups is 1. The molecule has 13 atom stereocenters. The molecule has 1 aliphatic heterocycles. The Morgan fingerprint density at radius 2 is 0.864 bits per heavy atom. The summed E-state index contributed by atoms with van der Waals surface area (Å²) >= 11 is 0. The van der Waals surface area contributed by atoms with Gasteiger partial charge in [0.2, 0.25) is 94.5 Å². The zero-order chi connectivity index (χ0) is 87.0. The van der Waals surface area contributed by atoms with Gasteiger partial charge >= 0.3 is 0 Å². The molecular weight excluding hydrogens is 1530 g/mol. The van der Waals surface area contributed by atoms with Gasteiger partial charge in [-0.25, -0.2) is 0 Å². The number of primary amides is 4. The predicted molar refractivity (Wildman–Crippen MR) is 430 cm³/mol. The molecule has 0 bridgehead atoms. The highest BCUT2D eigenvalue weighted by molar-refractivity contribution is 6.02. The molecule has 16 amide bonds. The van der Waals surface area contributed by atoms with E-state index < -0.39 is 212 Å². The number of aliphatic hydroxyl groups is 1. The van der Waals surface area contributed by atoms with Crippen LogP contribution in [-0.4, -0.2) is 219 Å². The summed E-state index contributed by atoms with van der Waals surface area (Å²) in [5, 5.41) is 48.7. The smallest absolute Gasteiger partial charge is 0.245 e. The fourth-order valence-electron chi connectivity index (χ4n) is 13.1. The van der Waals surface area contributed by atoms with Crippen molar-refractivity contribution >= 4 is 111 Å². The van der Waals surface area contributed by atoms with Crippen LogP contribution >= 0.6 is 0 Å². The van der Waals surface area contributed by atoms with E-state index in [0.29, 0.717) is 40.4 Å². The van der Waals surface area contributed by atoms with Crippen molar-refractivity contribution in [1.29, 1.82) is 0 Å². The lowest BCUT2D eigenvalue weighted by atomic mass is 10.0. The minimum absolute atomic E-state index is 0.00211. The summed E-state index contributed by atoms with van der Waals surface area (Å²) in [6.07, 6.45) is -1.47. The number of rotatable bonds is 47. The molecule has 638 valence electrons. The number of benzene rings is 4. The van der Waals surface area contributed by atoms with Gasteiger partial charge in [0.05, 0.1) is 31.9 Å². The minimum atomic E-state index is -2.03. The van der Waals surface area contributed by atoms with Crippen molar-refractivity contribution in [2.45, 2.75) is 197 Å². The van der Waals surface area contributed by atoms with E-state index in [0.717, 1.165) is 0 Å². The molecule has 2 heterocycles. The average molecular weight is 1640 g/mol. The van der Waals surface area contributed by atoms with Crippen molar-refractivity contribution in [1.82, 2.24) is 68.4 Å². The molecule has 0 aliphatic carbocycles. The minimum Gasteiger partial charge on any atom is -0.508 e. The number of nitrogens with zero attached hydrogens (tertiary/aromatic N) is 2. The van der Waals surface area contributed by atoms with E-state index in [1.165, 1.54) is 42.3 Å². The summed E-state index contributed by atoms with van der Waals surface area (Å²) in [6, 6.07) is 8.43. The molecule has 39 heteroatoms. The van der Waals surface area contributed by atoms with Crippen LogP contribution in [-0.2, 0) is 102 Å². The molecule has 39 nitrogen and oxygen atoms in total. The number of carbonyl (C=O) groups excluding carboxylic acids is 16. The number of carbonyl (C=O) groups is 16. The third-order valence-corrected chi connectivity index (χ3v) is 19.1. The highest BCUT2D eigenvalue weighted by atomic mass is 16.3. The van der Waals surface area contributed by atoms with Gasteiger partial charge in [0.25, 0.3) is 0 Å². The van der Waals surface area contributed by atoms with Gasteiger partial charge in [0, 0.05) is 55.9 Å². The molecule has 4 aromatic carbocycles. The third kappa shape index (κ3) is 30.3. The highest BCUT2D eigenvalue weighted by Gasteiger charge is 2.41. The second-order valence-corrected chi connectivity index (χ2v) is 29.8. The quantitative estimate of drug-likeness (QED) is 0.00986. The number of aliphatic hydroxyl groups excluding tert-OH is 1. The SMILES string of the molecule is CC(C)C[C@H](NC(=O)[C@H](C)NC(=O)[C@H](Cc1ccccc1)NC(=O)[C@H](CO)NC(=O)[C@H](CC(N)=O)NC(=O)[C@H](Cc1c[nH]c2ccccc12)NC(=O)[C@H](CC(N)=O)NC(=O)[C@H](Cc1ccc(O)cc1)NC(=O)[C@H](CC(N)=O)NC(=O)[C@@H]1CCCN1C(=O)[C@@H](N)CC(C)C)C(=O)N[C@@H](CCCN=C(N)N)C(=O)N[C@@H](Cc1ccccc1)C(N)=O. The van der Waals surface area contributed by atoms with Crippen LogP contribution in [0.4, 0.5) is 0 Å². The first kappa shape index (κ1) is 93.8. The van der Waals surface area contributed by atoms with E-state index in [2.05, 4.69) is 68.5 Å². The number of aromatic nitrogens is 1. The normalized spacial score (nSPS) is 15.5. The molecule has 0 unspecified atom stereocenters. The maximum Gasteiger partial charge on any atom is 0.245 e. The number of H-pyrrole nitrogens is 1. The monoisotopic (exact) mass is 1640 g/mol. The Labute approximate surface area is 680 Å². The summed E-state index contributed by atoms with van der Waals surface area (Å²) in [7, 11) is 0. The van der Waals surface area contributed by atoms with Crippen LogP contribution in [0.5, 0.6) is 5.75 Å². The van der Waals surface area contributed by atoms with Gasteiger partial charge in [0.1, 0.15) is 78.3 Å². The number of guanidine groups is 1. The Morgan fingerprint density at radius 3 is 1.36 bits per heavy atom. The second kappa shape index (κ2) is 45.9. The third-order valence-electron chi connectivity index (χ3n) is 19.1. The predicted octanol–water partition coefficient (Wildman–Crippen LogP) is -4.94. The van der Waals surface area contributed by atoms with Crippen molar-refractivity contribution in [3.63, 3.8) is 0 Å². The van der Waals surface area contributed by atoms with Gasteiger partial charge < -0.3 is 119 Å². The molecule has 118 heavy (non-hydrogen) atoms. The number of aliphatic imine (C=N–C) groups is 1. The first-order valence-electron chi connectivity index (χ1n) is 38.5. The first-order chi connectivity index (χ1) is 55.9. The van der Waals surface area contributed by atoms with Crippen LogP contribution in [0.3, 0.4) is 0 Å². The number of phenolic OH excluding ortho intramolecular Hbond substituents is 1. The summed E-state index contributed by atoms with van der Waals surface area (Å²) in [5.41, 5.74) is 42.1. The number of hydrogen-bond acceptors (Lipinski definition) is 20. The van der Waals surface area contributed by atoms with Gasteiger partial charge in [0.15, 0.2) is 5.96 Å². The number of fused-ring (bicyclic) bond motifs is 1. The molecule has 28 N–H and O–H groups in total. The van der Waals surface area contributed by atoms with Crippen LogP contribution in [0.1, 0.15) is 115 Å². The molecular formula is C79H109N21O18. The number of para-hydroxylation sites is 1. The van der Waals surface area contributed by atoms with Gasteiger partial charge in [-0.15, -0.1) is 0 Å². The maximum absolute atomic E-state index is 14.9. The lowest BCUT2D eigenvalue weighted by Gasteiger charge is -2.29.